The summed E-state index contributed by atoms with van der Waals surface area (Å²) in [5.41, 5.74) is 4.36. The molecule has 2 heterocycles. The summed E-state index contributed by atoms with van der Waals surface area (Å²) in [5.74, 6) is -1.07. The van der Waals surface area contributed by atoms with Crippen LogP contribution in [-0.4, -0.2) is 19.6 Å². The van der Waals surface area contributed by atoms with Gasteiger partial charge < -0.3 is 10.2 Å². The predicted molar refractivity (Wildman–Crippen MR) is 136 cm³/mol. The Labute approximate surface area is 211 Å². The smallest absolute Gasteiger partial charge is 0.0638 e. The molecule has 6 nitrogen and oxygen atoms in total. The maximum atomic E-state index is 13.7. The van der Waals surface area contributed by atoms with Crippen LogP contribution < -0.4 is 10.2 Å². The Morgan fingerprint density at radius 2 is 1.06 bits per heavy atom. The van der Waals surface area contributed by atoms with Gasteiger partial charge in [0.05, 0.1) is 22.8 Å². The fraction of sp³-hybridized carbons (Fsp3) is 0.111. The Balaban J connectivity index is 1.75. The Morgan fingerprint density at radius 1 is 0.647 bits per heavy atom. The van der Waals surface area contributed by atoms with Gasteiger partial charge in [-0.05, 0) is 101 Å². The first-order valence-corrected chi connectivity index (χ1v) is 11.9. The average molecular weight is 560 g/mol. The van der Waals surface area contributed by atoms with E-state index in [0.717, 1.165) is 9.13 Å². The fourth-order valence-electron chi connectivity index (χ4n) is 4.32. The van der Waals surface area contributed by atoms with Gasteiger partial charge in [0.15, 0.2) is 0 Å². The molecule has 0 saturated heterocycles. The van der Waals surface area contributed by atoms with E-state index in [0.29, 0.717) is 33.9 Å². The van der Waals surface area contributed by atoms with Crippen molar-refractivity contribution in [3.8, 4) is 23.1 Å². The van der Waals surface area contributed by atoms with E-state index >= 15 is 0 Å². The summed E-state index contributed by atoms with van der Waals surface area (Å²) >= 11 is 2.24. The molecule has 7 heteroatoms. The van der Waals surface area contributed by atoms with Crippen LogP contribution in [0.2, 0.25) is 0 Å². The number of hydrogen-bond donors (Lipinski definition) is 0. The van der Waals surface area contributed by atoms with Crippen LogP contribution in [0.4, 0.5) is 0 Å². The van der Waals surface area contributed by atoms with E-state index in [2.05, 4.69) is 32.8 Å². The molecule has 2 aromatic heterocycles. The molecule has 0 N–H and O–H groups in total. The second-order valence-electron chi connectivity index (χ2n) is 8.09. The van der Waals surface area contributed by atoms with E-state index in [9.17, 15) is 10.2 Å². The van der Waals surface area contributed by atoms with Gasteiger partial charge in [-0.2, -0.15) is 10.2 Å². The van der Waals surface area contributed by atoms with E-state index in [4.69, 9.17) is 0 Å². The summed E-state index contributed by atoms with van der Waals surface area (Å²) in [4.78, 5) is 0. The molecule has 170 valence electrons. The second kappa shape index (κ2) is 8.98. The molecule has 0 aliphatic heterocycles. The topological polar surface area (TPSA) is 81.8 Å². The number of para-hydroxylation sites is 2. The summed E-state index contributed by atoms with van der Waals surface area (Å²) in [6.45, 7) is 3.63. The van der Waals surface area contributed by atoms with E-state index in [-0.39, 0.29) is 11.8 Å². The molecule has 0 amide bonds. The number of halogens is 1. The first kappa shape index (κ1) is 22.2. The monoisotopic (exact) mass is 560 g/mol. The van der Waals surface area contributed by atoms with Crippen LogP contribution in [0.25, 0.3) is 11.4 Å². The van der Waals surface area contributed by atoms with Crippen molar-refractivity contribution in [3.63, 3.8) is 0 Å². The van der Waals surface area contributed by atoms with Crippen molar-refractivity contribution in [1.29, 1.82) is 0 Å². The molecule has 34 heavy (non-hydrogen) atoms. The number of rotatable bonds is 5. The van der Waals surface area contributed by atoms with Gasteiger partial charge in [-0.25, -0.2) is 9.36 Å². The highest BCUT2D eigenvalue weighted by Gasteiger charge is 2.27. The van der Waals surface area contributed by atoms with Crippen molar-refractivity contribution in [2.45, 2.75) is 19.8 Å². The minimum absolute atomic E-state index is 0.237. The lowest BCUT2D eigenvalue weighted by Crippen LogP contribution is -2.12. The molecule has 0 aliphatic carbocycles. The largest absolute Gasteiger partial charge is 0.858 e. The van der Waals surface area contributed by atoms with Crippen LogP contribution in [0.3, 0.4) is 0 Å². The predicted octanol–water partition coefficient (Wildman–Crippen LogP) is 4.61. The lowest BCUT2D eigenvalue weighted by Gasteiger charge is -2.25. The highest BCUT2D eigenvalue weighted by Crippen LogP contribution is 2.43. The zero-order valence-corrected chi connectivity index (χ0v) is 20.8. The number of aryl methyl sites for hydroxylation is 2. The molecule has 0 radical (unpaired) electrons. The number of nitrogens with zero attached hydrogens (tertiary/aromatic N) is 4. The van der Waals surface area contributed by atoms with E-state index in [1.165, 1.54) is 9.36 Å². The molecule has 5 rings (SSSR count). The van der Waals surface area contributed by atoms with Gasteiger partial charge in [0.1, 0.15) is 0 Å². The minimum atomic E-state index is -0.591. The summed E-state index contributed by atoms with van der Waals surface area (Å²) < 4.78 is 3.88. The van der Waals surface area contributed by atoms with Crippen molar-refractivity contribution in [2.75, 3.05) is 0 Å². The Morgan fingerprint density at radius 3 is 1.47 bits per heavy atom. The van der Waals surface area contributed by atoms with Gasteiger partial charge in [-0.15, -0.1) is 0 Å². The molecular formula is C27H21IN4O2-2. The van der Waals surface area contributed by atoms with Gasteiger partial charge >= 0.3 is 0 Å². The van der Waals surface area contributed by atoms with Crippen molar-refractivity contribution < 1.29 is 10.2 Å². The van der Waals surface area contributed by atoms with Crippen LogP contribution in [0.1, 0.15) is 34.0 Å². The van der Waals surface area contributed by atoms with Crippen LogP contribution in [-0.2, 0) is 0 Å². The third kappa shape index (κ3) is 3.86. The molecule has 0 bridgehead atoms. The van der Waals surface area contributed by atoms with Gasteiger partial charge in [-0.3, -0.25) is 0 Å². The van der Waals surface area contributed by atoms with Crippen LogP contribution >= 0.6 is 22.6 Å². The van der Waals surface area contributed by atoms with E-state index in [1.54, 1.807) is 0 Å². The fourth-order valence-corrected chi connectivity index (χ4v) is 4.68. The van der Waals surface area contributed by atoms with Crippen LogP contribution in [0.5, 0.6) is 11.8 Å². The number of hydrogen-bond acceptors (Lipinski definition) is 4. The third-order valence-corrected chi connectivity index (χ3v) is 6.63. The lowest BCUT2D eigenvalue weighted by molar-refractivity contribution is -0.280. The van der Waals surface area contributed by atoms with Crippen molar-refractivity contribution >= 4 is 22.6 Å². The van der Waals surface area contributed by atoms with Gasteiger partial charge in [0, 0.05) is 9.49 Å². The molecular weight excluding hydrogens is 539 g/mol. The Bertz CT molecular complexity index is 1350. The molecule has 0 unspecified atom stereocenters. The lowest BCUT2D eigenvalue weighted by atomic mass is 9.85. The molecule has 5 aromatic rings. The van der Waals surface area contributed by atoms with Gasteiger partial charge in [0.25, 0.3) is 0 Å². The normalized spacial score (nSPS) is 11.3. The quantitative estimate of drug-likeness (QED) is 0.294. The standard InChI is InChI=1S/C27H23IN4O2/c1-17-23(26(33)31(29-17)21-9-5-3-6-10-21)25(19-13-15-20(28)16-14-19)24-18(2)30-32(27(24)34)22-11-7-4-8-12-22/h3-16,25,33-34H,1-2H3/p-2. The molecule has 0 aliphatic rings. The van der Waals surface area contributed by atoms with E-state index in [1.807, 2.05) is 98.8 Å². The van der Waals surface area contributed by atoms with Gasteiger partial charge in [-0.1, -0.05) is 48.5 Å². The Hall–Kier alpha value is -3.59. The van der Waals surface area contributed by atoms with Crippen LogP contribution in [0.15, 0.2) is 84.9 Å². The first-order valence-electron chi connectivity index (χ1n) is 10.8. The summed E-state index contributed by atoms with van der Waals surface area (Å²) in [5, 5.41) is 36.6. The molecule has 0 atom stereocenters. The third-order valence-electron chi connectivity index (χ3n) is 5.91. The average Bonchev–Trinajstić information content (AvgIpc) is 3.32. The van der Waals surface area contributed by atoms with Crippen molar-refractivity contribution in [2.24, 2.45) is 0 Å². The highest BCUT2D eigenvalue weighted by atomic mass is 127. The molecule has 0 saturated carbocycles. The minimum Gasteiger partial charge on any atom is -0.858 e. The molecule has 0 spiro atoms. The van der Waals surface area contributed by atoms with E-state index < -0.39 is 5.92 Å². The van der Waals surface area contributed by atoms with Crippen molar-refractivity contribution in [1.82, 2.24) is 19.6 Å². The zero-order valence-electron chi connectivity index (χ0n) is 18.6. The highest BCUT2D eigenvalue weighted by molar-refractivity contribution is 14.1. The maximum absolute atomic E-state index is 13.7. The second-order valence-corrected chi connectivity index (χ2v) is 9.33. The van der Waals surface area contributed by atoms with Gasteiger partial charge in [0.2, 0.25) is 0 Å². The number of benzene rings is 3. The Kier molecular flexibility index (Phi) is 5.87. The molecule has 3 aromatic carbocycles. The molecule has 0 fully saturated rings. The van der Waals surface area contributed by atoms with Crippen molar-refractivity contribution in [3.05, 3.63) is 117 Å². The summed E-state index contributed by atoms with van der Waals surface area (Å²) in [6.07, 6.45) is 0. The van der Waals surface area contributed by atoms with Crippen LogP contribution in [0, 0.1) is 17.4 Å². The summed E-state index contributed by atoms with van der Waals surface area (Å²) in [7, 11) is 0. The SMILES string of the molecule is Cc1nn(-c2ccccc2)c([O-])c1C(c1ccc(I)cc1)c1c(C)nn(-c2ccccc2)c1[O-]. The maximum Gasteiger partial charge on any atom is 0.0638 e. The first-order chi connectivity index (χ1) is 16.5. The zero-order chi connectivity index (χ0) is 23.8. The number of aromatic nitrogens is 4. The summed E-state index contributed by atoms with van der Waals surface area (Å²) in [6, 6.07) is 26.5.